The number of alkyl halides is 1. The first kappa shape index (κ1) is 18.5. The zero-order valence-electron chi connectivity index (χ0n) is 14.0. The number of benzene rings is 2. The van der Waals surface area contributed by atoms with Gasteiger partial charge in [-0.25, -0.2) is 0 Å². The summed E-state index contributed by atoms with van der Waals surface area (Å²) in [6.07, 6.45) is 2.00. The number of carbonyl (C=O) groups excluding carboxylic acids is 1. The Bertz CT molecular complexity index is 589. The lowest BCUT2D eigenvalue weighted by Gasteiger charge is -2.21. The van der Waals surface area contributed by atoms with Gasteiger partial charge in [0.1, 0.15) is 0 Å². The number of amides is 1. The second-order valence-electron chi connectivity index (χ2n) is 5.78. The van der Waals surface area contributed by atoms with Gasteiger partial charge in [-0.1, -0.05) is 48.5 Å². The largest absolute Gasteiger partial charge is 0.352 e. The molecule has 1 amide bonds. The molecule has 0 atom stereocenters. The fourth-order valence-electron chi connectivity index (χ4n) is 2.58. The van der Waals surface area contributed by atoms with Gasteiger partial charge in [0.2, 0.25) is 0 Å². The minimum atomic E-state index is -0.00231. The Morgan fingerprint density at radius 1 is 0.917 bits per heavy atom. The Balaban J connectivity index is 1.66. The predicted octanol–water partition coefficient (Wildman–Crippen LogP) is 3.94. The first-order valence-electron chi connectivity index (χ1n) is 8.45. The first-order chi connectivity index (χ1) is 11.8. The van der Waals surface area contributed by atoms with Gasteiger partial charge in [0, 0.05) is 31.1 Å². The average Bonchev–Trinajstić information content (AvgIpc) is 2.63. The van der Waals surface area contributed by atoms with Crippen LogP contribution in [0.4, 0.5) is 0 Å². The van der Waals surface area contributed by atoms with Crippen LogP contribution < -0.4 is 5.32 Å². The van der Waals surface area contributed by atoms with E-state index in [4.69, 9.17) is 11.6 Å². The van der Waals surface area contributed by atoms with Crippen molar-refractivity contribution in [1.82, 2.24) is 10.2 Å². The van der Waals surface area contributed by atoms with Crippen LogP contribution in [0.25, 0.3) is 0 Å². The second kappa shape index (κ2) is 10.8. The molecule has 0 radical (unpaired) electrons. The van der Waals surface area contributed by atoms with Gasteiger partial charge in [0.15, 0.2) is 0 Å². The van der Waals surface area contributed by atoms with Gasteiger partial charge in [-0.2, -0.15) is 0 Å². The molecule has 0 saturated heterocycles. The van der Waals surface area contributed by atoms with E-state index >= 15 is 0 Å². The second-order valence-corrected chi connectivity index (χ2v) is 6.16. The molecule has 128 valence electrons. The summed E-state index contributed by atoms with van der Waals surface area (Å²) < 4.78 is 0. The fourth-order valence-corrected chi connectivity index (χ4v) is 2.82. The number of unbranched alkanes of at least 4 members (excludes halogenated alkanes) is 1. The standard InChI is InChI=1S/C20H25ClN2O/c21-13-16-23(17-18-9-3-1-4-10-18)15-8-7-14-22-20(24)19-11-5-2-6-12-19/h1-6,9-12H,7-8,13-17H2,(H,22,24). The maximum Gasteiger partial charge on any atom is 0.251 e. The maximum atomic E-state index is 11.9. The number of hydrogen-bond acceptors (Lipinski definition) is 2. The molecule has 0 fully saturated rings. The molecule has 0 aliphatic carbocycles. The zero-order chi connectivity index (χ0) is 17.0. The van der Waals surface area contributed by atoms with E-state index in [1.165, 1.54) is 5.56 Å². The highest BCUT2D eigenvalue weighted by Gasteiger charge is 2.06. The smallest absolute Gasteiger partial charge is 0.251 e. The van der Waals surface area contributed by atoms with E-state index in [0.717, 1.165) is 32.5 Å². The van der Waals surface area contributed by atoms with Crippen LogP contribution in [0, 0.1) is 0 Å². The Labute approximate surface area is 149 Å². The Kier molecular flexibility index (Phi) is 8.36. The third-order valence-corrected chi connectivity index (χ3v) is 4.04. The third-order valence-electron chi connectivity index (χ3n) is 3.87. The van der Waals surface area contributed by atoms with Crippen LogP contribution in [0.15, 0.2) is 60.7 Å². The van der Waals surface area contributed by atoms with Gasteiger partial charge >= 0.3 is 0 Å². The molecule has 0 heterocycles. The molecular formula is C20H25ClN2O. The van der Waals surface area contributed by atoms with Crippen molar-refractivity contribution in [3.63, 3.8) is 0 Å². The van der Waals surface area contributed by atoms with Gasteiger partial charge in [-0.05, 0) is 37.1 Å². The molecule has 0 aliphatic rings. The van der Waals surface area contributed by atoms with E-state index in [9.17, 15) is 4.79 Å². The van der Waals surface area contributed by atoms with Gasteiger partial charge in [0.05, 0.1) is 0 Å². The quantitative estimate of drug-likeness (QED) is 0.523. The summed E-state index contributed by atoms with van der Waals surface area (Å²) in [4.78, 5) is 14.3. The van der Waals surface area contributed by atoms with E-state index in [-0.39, 0.29) is 5.91 Å². The maximum absolute atomic E-state index is 11.9. The Hall–Kier alpha value is -1.84. The molecular weight excluding hydrogens is 320 g/mol. The number of halogens is 1. The fraction of sp³-hybridized carbons (Fsp3) is 0.350. The number of nitrogens with zero attached hydrogens (tertiary/aromatic N) is 1. The molecule has 2 aromatic carbocycles. The molecule has 0 spiro atoms. The normalized spacial score (nSPS) is 10.8. The monoisotopic (exact) mass is 344 g/mol. The molecule has 0 aliphatic heterocycles. The molecule has 0 aromatic heterocycles. The van der Waals surface area contributed by atoms with Gasteiger partial charge in [-0.15, -0.1) is 11.6 Å². The van der Waals surface area contributed by atoms with Crippen LogP contribution in [-0.4, -0.2) is 36.3 Å². The van der Waals surface area contributed by atoms with Crippen molar-refractivity contribution in [1.29, 1.82) is 0 Å². The van der Waals surface area contributed by atoms with Crippen LogP contribution in [0.5, 0.6) is 0 Å². The van der Waals surface area contributed by atoms with Crippen LogP contribution >= 0.6 is 11.6 Å². The minimum Gasteiger partial charge on any atom is -0.352 e. The zero-order valence-corrected chi connectivity index (χ0v) is 14.7. The molecule has 0 bridgehead atoms. The highest BCUT2D eigenvalue weighted by molar-refractivity contribution is 6.18. The van der Waals surface area contributed by atoms with Gasteiger partial charge in [0.25, 0.3) is 5.91 Å². The Morgan fingerprint density at radius 2 is 1.58 bits per heavy atom. The molecule has 2 rings (SSSR count). The number of carbonyl (C=O) groups is 1. The summed E-state index contributed by atoms with van der Waals surface area (Å²) in [5.74, 6) is 0.634. The number of hydrogen-bond donors (Lipinski definition) is 1. The highest BCUT2D eigenvalue weighted by atomic mass is 35.5. The van der Waals surface area contributed by atoms with Crippen LogP contribution in [0.2, 0.25) is 0 Å². The van der Waals surface area contributed by atoms with E-state index in [0.29, 0.717) is 18.0 Å². The van der Waals surface area contributed by atoms with Crippen molar-refractivity contribution in [2.75, 3.05) is 25.5 Å². The van der Waals surface area contributed by atoms with Crippen molar-refractivity contribution >= 4 is 17.5 Å². The Morgan fingerprint density at radius 3 is 2.25 bits per heavy atom. The minimum absolute atomic E-state index is 0.00231. The summed E-state index contributed by atoms with van der Waals surface area (Å²) in [7, 11) is 0. The van der Waals surface area contributed by atoms with Gasteiger partial charge in [-0.3, -0.25) is 9.69 Å². The van der Waals surface area contributed by atoms with Crippen molar-refractivity contribution in [2.24, 2.45) is 0 Å². The molecule has 1 N–H and O–H groups in total. The number of nitrogens with one attached hydrogen (secondary N) is 1. The SMILES string of the molecule is O=C(NCCCCN(CCCl)Cc1ccccc1)c1ccccc1. The van der Waals surface area contributed by atoms with E-state index < -0.39 is 0 Å². The molecule has 0 saturated carbocycles. The molecule has 0 unspecified atom stereocenters. The topological polar surface area (TPSA) is 32.3 Å². The first-order valence-corrected chi connectivity index (χ1v) is 8.98. The van der Waals surface area contributed by atoms with Gasteiger partial charge < -0.3 is 5.32 Å². The lowest BCUT2D eigenvalue weighted by molar-refractivity contribution is 0.0952. The van der Waals surface area contributed by atoms with Crippen molar-refractivity contribution < 1.29 is 4.79 Å². The lowest BCUT2D eigenvalue weighted by atomic mass is 10.2. The predicted molar refractivity (Wildman–Crippen MR) is 100 cm³/mol. The average molecular weight is 345 g/mol. The highest BCUT2D eigenvalue weighted by Crippen LogP contribution is 2.06. The summed E-state index contributed by atoms with van der Waals surface area (Å²) in [5.41, 5.74) is 2.02. The molecule has 2 aromatic rings. The summed E-state index contributed by atoms with van der Waals surface area (Å²) >= 11 is 5.91. The third kappa shape index (κ3) is 6.73. The van der Waals surface area contributed by atoms with E-state index in [1.54, 1.807) is 0 Å². The van der Waals surface area contributed by atoms with E-state index in [1.807, 2.05) is 36.4 Å². The number of rotatable bonds is 10. The molecule has 4 heteroatoms. The molecule has 24 heavy (non-hydrogen) atoms. The van der Waals surface area contributed by atoms with Crippen LogP contribution in [0.1, 0.15) is 28.8 Å². The van der Waals surface area contributed by atoms with Crippen LogP contribution in [-0.2, 0) is 6.54 Å². The summed E-state index contributed by atoms with van der Waals surface area (Å²) in [6, 6.07) is 19.8. The summed E-state index contributed by atoms with van der Waals surface area (Å²) in [6.45, 7) is 3.49. The summed E-state index contributed by atoms with van der Waals surface area (Å²) in [5, 5.41) is 2.97. The van der Waals surface area contributed by atoms with E-state index in [2.05, 4.69) is 34.5 Å². The van der Waals surface area contributed by atoms with Crippen LogP contribution in [0.3, 0.4) is 0 Å². The van der Waals surface area contributed by atoms with Crippen molar-refractivity contribution in [3.8, 4) is 0 Å². The van der Waals surface area contributed by atoms with Crippen molar-refractivity contribution in [3.05, 3.63) is 71.8 Å². The van der Waals surface area contributed by atoms with Crippen molar-refractivity contribution in [2.45, 2.75) is 19.4 Å². The lowest BCUT2D eigenvalue weighted by Crippen LogP contribution is -2.28. The molecule has 3 nitrogen and oxygen atoms in total.